The maximum atomic E-state index is 12.5. The second-order valence-electron chi connectivity index (χ2n) is 5.70. The van der Waals surface area contributed by atoms with E-state index in [0.29, 0.717) is 0 Å². The van der Waals surface area contributed by atoms with Crippen LogP contribution in [0.1, 0.15) is 47.9 Å². The van der Waals surface area contributed by atoms with Crippen LogP contribution in [0.15, 0.2) is 67.0 Å². The van der Waals surface area contributed by atoms with Gasteiger partial charge < -0.3 is 15.7 Å². The van der Waals surface area contributed by atoms with Gasteiger partial charge in [-0.25, -0.2) is 14.8 Å². The molecular formula is C21H18N4O4. The van der Waals surface area contributed by atoms with Gasteiger partial charge in [-0.15, -0.1) is 0 Å². The van der Waals surface area contributed by atoms with E-state index in [-0.39, 0.29) is 28.1 Å². The second kappa shape index (κ2) is 9.23. The highest BCUT2D eigenvalue weighted by molar-refractivity contribution is 5.97. The third kappa shape index (κ3) is 5.46. The van der Waals surface area contributed by atoms with E-state index >= 15 is 0 Å². The third-order valence-corrected chi connectivity index (χ3v) is 3.68. The van der Waals surface area contributed by atoms with E-state index in [1.165, 1.54) is 36.4 Å². The van der Waals surface area contributed by atoms with Crippen molar-refractivity contribution in [2.75, 3.05) is 0 Å². The molecule has 0 spiro atoms. The highest BCUT2D eigenvalue weighted by Gasteiger charge is 2.13. The van der Waals surface area contributed by atoms with Crippen LogP contribution >= 0.6 is 0 Å². The summed E-state index contributed by atoms with van der Waals surface area (Å²) in [5, 5.41) is 13.3. The molecule has 3 aromatic rings. The fraction of sp³-hybridized carbons (Fsp3) is 0.0952. The summed E-state index contributed by atoms with van der Waals surface area (Å²) < 4.78 is 32.3. The smallest absolute Gasteiger partial charge is 0.335 e. The molecule has 8 heteroatoms. The number of nitrogens with zero attached hydrogens (tertiary/aromatic N) is 2. The van der Waals surface area contributed by atoms with Crippen molar-refractivity contribution in [3.05, 3.63) is 95.1 Å². The Morgan fingerprint density at radius 2 is 1.34 bits per heavy atom. The number of nitrogens with one attached hydrogen (secondary N) is 2. The first-order valence-electron chi connectivity index (χ1n) is 10.4. The Kier molecular flexibility index (Phi) is 4.75. The van der Waals surface area contributed by atoms with E-state index in [1.54, 1.807) is 18.2 Å². The van der Waals surface area contributed by atoms with Gasteiger partial charge in [0.15, 0.2) is 0 Å². The minimum atomic E-state index is -2.37. The molecule has 0 aliphatic rings. The molecule has 29 heavy (non-hydrogen) atoms. The fourth-order valence-electron chi connectivity index (χ4n) is 2.21. The van der Waals surface area contributed by atoms with Crippen LogP contribution in [0.5, 0.6) is 0 Å². The molecule has 146 valence electrons. The minimum Gasteiger partial charge on any atom is -0.478 e. The van der Waals surface area contributed by atoms with Gasteiger partial charge in [0, 0.05) is 19.1 Å². The lowest BCUT2D eigenvalue weighted by Gasteiger charge is -2.07. The third-order valence-electron chi connectivity index (χ3n) is 3.68. The molecule has 2 aromatic carbocycles. The molecule has 0 radical (unpaired) electrons. The zero-order valence-electron chi connectivity index (χ0n) is 18.9. The fourth-order valence-corrected chi connectivity index (χ4v) is 2.21. The molecule has 3 rings (SSSR count). The number of carbonyl (C=O) groups is 3. The first-order chi connectivity index (χ1) is 15.5. The van der Waals surface area contributed by atoms with Crippen molar-refractivity contribution in [1.29, 1.82) is 0 Å². The van der Waals surface area contributed by atoms with Crippen molar-refractivity contribution in [3.8, 4) is 0 Å². The van der Waals surface area contributed by atoms with Gasteiger partial charge in [0.25, 0.3) is 11.8 Å². The molecule has 1 aromatic heterocycles. The second-order valence-corrected chi connectivity index (χ2v) is 5.70. The topological polar surface area (TPSA) is 121 Å². The summed E-state index contributed by atoms with van der Waals surface area (Å²) in [6.45, 7) is -4.57. The van der Waals surface area contributed by atoms with Gasteiger partial charge in [0.2, 0.25) is 0 Å². The maximum Gasteiger partial charge on any atom is 0.335 e. The number of amides is 2. The molecule has 0 fully saturated rings. The van der Waals surface area contributed by atoms with Gasteiger partial charge in [-0.2, -0.15) is 0 Å². The summed E-state index contributed by atoms with van der Waals surface area (Å²) in [6.07, 6.45) is 0.930. The molecule has 3 N–H and O–H groups in total. The molecule has 0 unspecified atom stereocenters. The number of aromatic carboxylic acids is 1. The van der Waals surface area contributed by atoms with E-state index in [0.717, 1.165) is 12.4 Å². The average molecular weight is 394 g/mol. The van der Waals surface area contributed by atoms with E-state index in [1.807, 2.05) is 0 Å². The molecule has 0 saturated heterocycles. The molecule has 0 saturated carbocycles. The lowest BCUT2D eigenvalue weighted by molar-refractivity contribution is 0.0696. The Labute approximate surface area is 172 Å². The van der Waals surface area contributed by atoms with Crippen LogP contribution in [0.3, 0.4) is 0 Å². The SMILES string of the molecule is [2H]C([2H])(NC(=O)c1cc(C(=O)NC([2H])([2H])c2ccc(C(=O)O)cc2)ncn1)c1ccccc1. The Morgan fingerprint density at radius 3 is 1.86 bits per heavy atom. The monoisotopic (exact) mass is 394 g/mol. The minimum absolute atomic E-state index is 0.00364. The number of hydrogen-bond donors (Lipinski definition) is 3. The van der Waals surface area contributed by atoms with E-state index in [9.17, 15) is 14.4 Å². The zero-order valence-corrected chi connectivity index (χ0v) is 14.9. The van der Waals surface area contributed by atoms with Crippen molar-refractivity contribution in [2.45, 2.75) is 13.0 Å². The van der Waals surface area contributed by atoms with Crippen molar-refractivity contribution in [3.63, 3.8) is 0 Å². The summed E-state index contributed by atoms with van der Waals surface area (Å²) in [5.74, 6) is -3.02. The Bertz CT molecular complexity index is 1190. The molecule has 0 atom stereocenters. The predicted octanol–water partition coefficient (Wildman–Crippen LogP) is 2.03. The number of hydrogen-bond acceptors (Lipinski definition) is 5. The van der Waals surface area contributed by atoms with Gasteiger partial charge >= 0.3 is 5.97 Å². The largest absolute Gasteiger partial charge is 0.478 e. The van der Waals surface area contributed by atoms with Gasteiger partial charge in [0.1, 0.15) is 17.7 Å². The Hall–Kier alpha value is -4.07. The molecule has 2 amide bonds. The summed E-state index contributed by atoms with van der Waals surface area (Å²) in [6, 6.07) is 13.8. The van der Waals surface area contributed by atoms with Gasteiger partial charge in [-0.3, -0.25) is 9.59 Å². The summed E-state index contributed by atoms with van der Waals surface area (Å²) in [5.41, 5.74) is -0.429. The van der Waals surface area contributed by atoms with Crippen molar-refractivity contribution in [2.24, 2.45) is 0 Å². The van der Waals surface area contributed by atoms with Crippen molar-refractivity contribution >= 4 is 17.8 Å². The van der Waals surface area contributed by atoms with Gasteiger partial charge in [-0.1, -0.05) is 42.5 Å². The highest BCUT2D eigenvalue weighted by atomic mass is 16.4. The van der Waals surface area contributed by atoms with Crippen LogP contribution in [0.2, 0.25) is 0 Å². The quantitative estimate of drug-likeness (QED) is 0.564. The van der Waals surface area contributed by atoms with Crippen LogP contribution in [-0.2, 0) is 13.0 Å². The van der Waals surface area contributed by atoms with Crippen molar-refractivity contribution in [1.82, 2.24) is 20.6 Å². The first-order valence-corrected chi connectivity index (χ1v) is 8.36. The average Bonchev–Trinajstić information content (AvgIpc) is 2.79. The van der Waals surface area contributed by atoms with E-state index in [4.69, 9.17) is 10.6 Å². The number of carbonyl (C=O) groups excluding carboxylic acids is 2. The van der Waals surface area contributed by atoms with Gasteiger partial charge in [-0.05, 0) is 23.3 Å². The van der Waals surface area contributed by atoms with Crippen LogP contribution in [0.25, 0.3) is 0 Å². The van der Waals surface area contributed by atoms with E-state index in [2.05, 4.69) is 20.6 Å². The maximum absolute atomic E-state index is 12.5. The normalized spacial score (nSPS) is 13.2. The molecular weight excluding hydrogens is 372 g/mol. The predicted molar refractivity (Wildman–Crippen MR) is 104 cm³/mol. The van der Waals surface area contributed by atoms with Crippen LogP contribution < -0.4 is 10.6 Å². The van der Waals surface area contributed by atoms with Crippen molar-refractivity contribution < 1.29 is 25.0 Å². The lowest BCUT2D eigenvalue weighted by atomic mass is 10.1. The molecule has 0 aliphatic heterocycles. The summed E-state index contributed by atoms with van der Waals surface area (Å²) in [4.78, 5) is 43.5. The van der Waals surface area contributed by atoms with Crippen LogP contribution in [-0.4, -0.2) is 32.9 Å². The van der Waals surface area contributed by atoms with Crippen LogP contribution in [0.4, 0.5) is 0 Å². The Morgan fingerprint density at radius 1 is 0.828 bits per heavy atom. The molecule has 1 heterocycles. The number of carboxylic acids is 1. The highest BCUT2D eigenvalue weighted by Crippen LogP contribution is 2.05. The first kappa shape index (κ1) is 14.9. The number of benzene rings is 2. The zero-order chi connectivity index (χ0) is 24.2. The molecule has 0 bridgehead atoms. The molecule has 8 nitrogen and oxygen atoms in total. The number of carboxylic acid groups (broad SMARTS) is 1. The lowest BCUT2D eigenvalue weighted by Crippen LogP contribution is -2.27. The summed E-state index contributed by atoms with van der Waals surface area (Å²) in [7, 11) is 0. The van der Waals surface area contributed by atoms with E-state index < -0.39 is 30.8 Å². The standard InChI is InChI=1S/C21H18N4O4/c26-19(22-11-14-4-2-1-3-5-14)17-10-18(25-13-24-17)20(27)23-12-15-6-8-16(9-7-15)21(28)29/h1-10,13H,11-12H2,(H,22,26)(H,23,27)(H,28,29)/i11D2,12D2. The number of rotatable bonds is 7. The molecule has 0 aliphatic carbocycles. The Balaban J connectivity index is 1.75. The van der Waals surface area contributed by atoms with Gasteiger partial charge in [0.05, 0.1) is 11.0 Å². The summed E-state index contributed by atoms with van der Waals surface area (Å²) >= 11 is 0. The van der Waals surface area contributed by atoms with Crippen LogP contribution in [0, 0.1) is 0 Å². The number of aromatic nitrogens is 2.